The maximum Gasteiger partial charge on any atom is 0.321 e. The highest BCUT2D eigenvalue weighted by Gasteiger charge is 2.20. The van der Waals surface area contributed by atoms with Gasteiger partial charge >= 0.3 is 6.03 Å². The number of benzene rings is 2. The first-order chi connectivity index (χ1) is 12.5. The topological polar surface area (TPSA) is 35.6 Å². The van der Waals surface area contributed by atoms with Crippen LogP contribution in [0.15, 0.2) is 42.5 Å². The minimum absolute atomic E-state index is 0.0151. The van der Waals surface area contributed by atoms with Gasteiger partial charge in [-0.05, 0) is 36.2 Å². The molecule has 2 aromatic rings. The Morgan fingerprint density at radius 2 is 1.81 bits per heavy atom. The molecule has 1 heterocycles. The molecule has 0 atom stereocenters. The Bertz CT molecular complexity index is 770. The van der Waals surface area contributed by atoms with Gasteiger partial charge in [0, 0.05) is 43.8 Å². The molecule has 4 nitrogen and oxygen atoms in total. The quantitative estimate of drug-likeness (QED) is 0.860. The van der Waals surface area contributed by atoms with E-state index in [4.69, 9.17) is 11.6 Å². The van der Waals surface area contributed by atoms with Gasteiger partial charge in [-0.1, -0.05) is 23.7 Å². The average Bonchev–Trinajstić information content (AvgIpc) is 2.85. The van der Waals surface area contributed by atoms with Crippen molar-refractivity contribution in [2.75, 3.05) is 31.5 Å². The largest absolute Gasteiger partial charge is 0.323 e. The van der Waals surface area contributed by atoms with Crippen LogP contribution in [-0.2, 0) is 6.54 Å². The molecule has 7 heteroatoms. The highest BCUT2D eigenvalue weighted by molar-refractivity contribution is 6.30. The Balaban J connectivity index is 1.55. The number of anilines is 1. The monoisotopic (exact) mass is 379 g/mol. The van der Waals surface area contributed by atoms with Crippen molar-refractivity contribution in [3.63, 3.8) is 0 Å². The summed E-state index contributed by atoms with van der Waals surface area (Å²) in [7, 11) is 0. The first-order valence-corrected chi connectivity index (χ1v) is 8.87. The van der Waals surface area contributed by atoms with Gasteiger partial charge in [0.2, 0.25) is 0 Å². The smallest absolute Gasteiger partial charge is 0.321 e. The van der Waals surface area contributed by atoms with Crippen LogP contribution in [0.1, 0.15) is 12.0 Å². The second-order valence-electron chi connectivity index (χ2n) is 6.30. The molecule has 2 amide bonds. The van der Waals surface area contributed by atoms with E-state index < -0.39 is 11.6 Å². The van der Waals surface area contributed by atoms with Crippen LogP contribution in [0.2, 0.25) is 5.02 Å². The molecule has 1 saturated heterocycles. The predicted octanol–water partition coefficient (Wildman–Crippen LogP) is 4.36. The maximum absolute atomic E-state index is 13.7. The third-order valence-corrected chi connectivity index (χ3v) is 4.62. The summed E-state index contributed by atoms with van der Waals surface area (Å²) in [5, 5.41) is 3.23. The number of hydrogen-bond acceptors (Lipinski definition) is 2. The molecule has 0 saturated carbocycles. The highest BCUT2D eigenvalue weighted by Crippen LogP contribution is 2.17. The lowest BCUT2D eigenvalue weighted by atomic mass is 10.2. The van der Waals surface area contributed by atoms with Crippen molar-refractivity contribution in [1.82, 2.24) is 9.80 Å². The van der Waals surface area contributed by atoms with Crippen LogP contribution in [0.5, 0.6) is 0 Å². The summed E-state index contributed by atoms with van der Waals surface area (Å²) in [6.45, 7) is 3.52. The van der Waals surface area contributed by atoms with Crippen LogP contribution < -0.4 is 5.32 Å². The molecule has 0 unspecified atom stereocenters. The summed E-state index contributed by atoms with van der Waals surface area (Å²) in [5.74, 6) is -1.45. The van der Waals surface area contributed by atoms with E-state index in [1.165, 1.54) is 11.6 Å². The van der Waals surface area contributed by atoms with Crippen LogP contribution in [0.3, 0.4) is 0 Å². The van der Waals surface area contributed by atoms with Crippen LogP contribution in [0.25, 0.3) is 0 Å². The number of rotatable bonds is 3. The SMILES string of the molecule is O=C(Nc1ccc(F)cc1F)N1CCCN(Cc2ccc(Cl)cc2)CC1. The summed E-state index contributed by atoms with van der Waals surface area (Å²) in [5.41, 5.74) is 1.15. The Kier molecular flexibility index (Phi) is 6.06. The van der Waals surface area contributed by atoms with Crippen molar-refractivity contribution in [1.29, 1.82) is 0 Å². The van der Waals surface area contributed by atoms with Crippen LogP contribution in [-0.4, -0.2) is 42.0 Å². The summed E-state index contributed by atoms with van der Waals surface area (Å²) < 4.78 is 26.7. The molecule has 1 aliphatic heterocycles. The minimum atomic E-state index is -0.780. The second-order valence-corrected chi connectivity index (χ2v) is 6.73. The van der Waals surface area contributed by atoms with Gasteiger partial charge in [-0.15, -0.1) is 0 Å². The second kappa shape index (κ2) is 8.47. The van der Waals surface area contributed by atoms with Crippen LogP contribution in [0, 0.1) is 11.6 Å². The van der Waals surface area contributed by atoms with E-state index in [1.807, 2.05) is 24.3 Å². The lowest BCUT2D eigenvalue weighted by Crippen LogP contribution is -2.38. The van der Waals surface area contributed by atoms with Crippen molar-refractivity contribution in [3.05, 3.63) is 64.7 Å². The maximum atomic E-state index is 13.7. The van der Waals surface area contributed by atoms with E-state index in [0.29, 0.717) is 18.1 Å². The number of nitrogens with one attached hydrogen (secondary N) is 1. The molecular weight excluding hydrogens is 360 g/mol. The third kappa shape index (κ3) is 4.93. The normalized spacial score (nSPS) is 15.6. The van der Waals surface area contributed by atoms with Crippen LogP contribution in [0.4, 0.5) is 19.3 Å². The van der Waals surface area contributed by atoms with E-state index >= 15 is 0 Å². The molecule has 0 bridgehead atoms. The molecule has 1 fully saturated rings. The van der Waals surface area contributed by atoms with Crippen molar-refractivity contribution < 1.29 is 13.6 Å². The summed E-state index contributed by atoms with van der Waals surface area (Å²) >= 11 is 5.91. The molecular formula is C19H20ClF2N3O. The van der Waals surface area contributed by atoms with Gasteiger partial charge in [0.25, 0.3) is 0 Å². The highest BCUT2D eigenvalue weighted by atomic mass is 35.5. The summed E-state index contributed by atoms with van der Waals surface area (Å²) in [6, 6.07) is 10.5. The molecule has 26 heavy (non-hydrogen) atoms. The fourth-order valence-electron chi connectivity index (χ4n) is 2.97. The van der Waals surface area contributed by atoms with E-state index in [9.17, 15) is 13.6 Å². The standard InChI is InChI=1S/C19H20ClF2N3O/c20-15-4-2-14(3-5-15)13-24-8-1-9-25(11-10-24)19(26)23-18-7-6-16(21)12-17(18)22/h2-7,12H,1,8-11,13H2,(H,23,26). The molecule has 3 rings (SSSR count). The molecule has 138 valence electrons. The lowest BCUT2D eigenvalue weighted by molar-refractivity contribution is 0.211. The van der Waals surface area contributed by atoms with Gasteiger partial charge in [-0.25, -0.2) is 13.6 Å². The zero-order valence-corrected chi connectivity index (χ0v) is 15.0. The van der Waals surface area contributed by atoms with Gasteiger partial charge < -0.3 is 10.2 Å². The zero-order chi connectivity index (χ0) is 18.5. The number of carbonyl (C=O) groups excluding carboxylic acids is 1. The fourth-order valence-corrected chi connectivity index (χ4v) is 3.09. The van der Waals surface area contributed by atoms with E-state index in [0.717, 1.165) is 38.2 Å². The lowest BCUT2D eigenvalue weighted by Gasteiger charge is -2.22. The number of halogens is 3. The van der Waals surface area contributed by atoms with Crippen molar-refractivity contribution in [2.24, 2.45) is 0 Å². The fraction of sp³-hybridized carbons (Fsp3) is 0.316. The molecule has 2 aromatic carbocycles. The van der Waals surface area contributed by atoms with Gasteiger partial charge in [0.05, 0.1) is 5.69 Å². The van der Waals surface area contributed by atoms with E-state index in [-0.39, 0.29) is 11.7 Å². The molecule has 0 radical (unpaired) electrons. The van der Waals surface area contributed by atoms with Crippen molar-refractivity contribution in [3.8, 4) is 0 Å². The van der Waals surface area contributed by atoms with E-state index in [2.05, 4.69) is 10.2 Å². The average molecular weight is 380 g/mol. The van der Waals surface area contributed by atoms with Crippen molar-refractivity contribution in [2.45, 2.75) is 13.0 Å². The number of carbonyl (C=O) groups is 1. The number of hydrogen-bond donors (Lipinski definition) is 1. The number of nitrogens with zero attached hydrogens (tertiary/aromatic N) is 2. The Labute approximate surface area is 156 Å². The van der Waals surface area contributed by atoms with E-state index in [1.54, 1.807) is 4.90 Å². The first-order valence-electron chi connectivity index (χ1n) is 8.49. The van der Waals surface area contributed by atoms with Crippen molar-refractivity contribution >= 4 is 23.3 Å². The zero-order valence-electron chi connectivity index (χ0n) is 14.2. The molecule has 1 N–H and O–H groups in total. The third-order valence-electron chi connectivity index (χ3n) is 4.37. The Hall–Kier alpha value is -2.18. The Morgan fingerprint density at radius 1 is 1.04 bits per heavy atom. The van der Waals surface area contributed by atoms with Gasteiger partial charge in [-0.2, -0.15) is 0 Å². The van der Waals surface area contributed by atoms with Gasteiger partial charge in [0.15, 0.2) is 0 Å². The Morgan fingerprint density at radius 3 is 2.54 bits per heavy atom. The molecule has 0 aliphatic carbocycles. The molecule has 0 spiro atoms. The predicted molar refractivity (Wildman–Crippen MR) is 98.3 cm³/mol. The molecule has 0 aromatic heterocycles. The number of amides is 2. The van der Waals surface area contributed by atoms with Gasteiger partial charge in [-0.3, -0.25) is 4.90 Å². The van der Waals surface area contributed by atoms with Crippen LogP contribution >= 0.6 is 11.6 Å². The summed E-state index contributed by atoms with van der Waals surface area (Å²) in [6.07, 6.45) is 0.826. The molecule has 1 aliphatic rings. The minimum Gasteiger partial charge on any atom is -0.323 e. The summed E-state index contributed by atoms with van der Waals surface area (Å²) in [4.78, 5) is 16.3. The first kappa shape index (κ1) is 18.6. The number of urea groups is 1. The van der Waals surface area contributed by atoms with Gasteiger partial charge in [0.1, 0.15) is 11.6 Å².